The minimum Gasteiger partial charge on any atom is -0.350 e. The van der Waals surface area contributed by atoms with Gasteiger partial charge in [-0.25, -0.2) is 4.98 Å². The first kappa shape index (κ1) is 22.9. The molecule has 6 rings (SSSR count). The molecule has 2 aromatic carbocycles. The molecule has 7 nitrogen and oxygen atoms in total. The predicted octanol–water partition coefficient (Wildman–Crippen LogP) is 6.05. The second-order valence-electron chi connectivity index (χ2n) is 9.70. The standard InChI is InChI=1S/C28H30N6OS/c1-33-18-20(21-11-5-7-13-23(21)33)17-26-31-32-28(36-26)30-25(35)15-16-34-24-14-8-6-12-22(24)29-27(34)19-9-3-2-4-10-19/h5-8,11-14,18-19H,2-4,9-10,15-17H2,1H3,(H,30,32,35). The topological polar surface area (TPSA) is 77.6 Å². The van der Waals surface area contributed by atoms with Crippen molar-refractivity contribution in [2.75, 3.05) is 5.32 Å². The average Bonchev–Trinajstić information content (AvgIpc) is 3.59. The maximum Gasteiger partial charge on any atom is 0.227 e. The van der Waals surface area contributed by atoms with Crippen molar-refractivity contribution >= 4 is 44.3 Å². The highest BCUT2D eigenvalue weighted by atomic mass is 32.1. The zero-order chi connectivity index (χ0) is 24.5. The van der Waals surface area contributed by atoms with E-state index < -0.39 is 0 Å². The first-order valence-electron chi connectivity index (χ1n) is 12.8. The molecule has 3 heterocycles. The van der Waals surface area contributed by atoms with E-state index in [0.717, 1.165) is 21.9 Å². The molecule has 0 saturated heterocycles. The molecular formula is C28H30N6OS. The van der Waals surface area contributed by atoms with E-state index in [2.05, 4.69) is 74.3 Å². The van der Waals surface area contributed by atoms with Crippen LogP contribution in [0.15, 0.2) is 54.7 Å². The minimum absolute atomic E-state index is 0.0461. The van der Waals surface area contributed by atoms with Crippen LogP contribution in [0.4, 0.5) is 5.13 Å². The quantitative estimate of drug-likeness (QED) is 0.296. The van der Waals surface area contributed by atoms with E-state index >= 15 is 0 Å². The summed E-state index contributed by atoms with van der Waals surface area (Å²) in [5, 5.41) is 14.2. The molecule has 5 aromatic rings. The predicted molar refractivity (Wildman–Crippen MR) is 144 cm³/mol. The molecule has 0 bridgehead atoms. The summed E-state index contributed by atoms with van der Waals surface area (Å²) in [6, 6.07) is 16.6. The molecule has 3 aromatic heterocycles. The second-order valence-corrected chi connectivity index (χ2v) is 10.8. The van der Waals surface area contributed by atoms with Gasteiger partial charge in [0.15, 0.2) is 0 Å². The summed E-state index contributed by atoms with van der Waals surface area (Å²) in [6.07, 6.45) is 9.39. The molecule has 0 unspecified atom stereocenters. The van der Waals surface area contributed by atoms with Crippen molar-refractivity contribution in [2.45, 2.75) is 57.4 Å². The van der Waals surface area contributed by atoms with Crippen molar-refractivity contribution in [2.24, 2.45) is 7.05 Å². The van der Waals surface area contributed by atoms with Crippen LogP contribution >= 0.6 is 11.3 Å². The molecule has 1 fully saturated rings. The summed E-state index contributed by atoms with van der Waals surface area (Å²) < 4.78 is 4.40. The summed E-state index contributed by atoms with van der Waals surface area (Å²) in [5.41, 5.74) is 4.54. The van der Waals surface area contributed by atoms with E-state index in [4.69, 9.17) is 4.98 Å². The Morgan fingerprint density at radius 1 is 1.03 bits per heavy atom. The molecule has 1 aliphatic rings. The first-order valence-corrected chi connectivity index (χ1v) is 13.6. The normalized spacial score (nSPS) is 14.6. The van der Waals surface area contributed by atoms with Gasteiger partial charge in [-0.2, -0.15) is 0 Å². The van der Waals surface area contributed by atoms with Crippen molar-refractivity contribution in [3.63, 3.8) is 0 Å². The molecule has 184 valence electrons. The maximum atomic E-state index is 12.9. The number of para-hydroxylation sites is 3. The van der Waals surface area contributed by atoms with Crippen molar-refractivity contribution in [3.8, 4) is 0 Å². The Hall–Kier alpha value is -3.52. The van der Waals surface area contributed by atoms with Gasteiger partial charge in [0.2, 0.25) is 11.0 Å². The number of hydrogen-bond donors (Lipinski definition) is 1. The van der Waals surface area contributed by atoms with E-state index in [1.165, 1.54) is 59.9 Å². The third-order valence-corrected chi connectivity index (χ3v) is 8.09. The first-order chi connectivity index (χ1) is 17.7. The molecule has 8 heteroatoms. The van der Waals surface area contributed by atoms with Gasteiger partial charge in [-0.3, -0.25) is 4.79 Å². The highest BCUT2D eigenvalue weighted by molar-refractivity contribution is 7.15. The van der Waals surface area contributed by atoms with E-state index in [-0.39, 0.29) is 5.91 Å². The molecular weight excluding hydrogens is 468 g/mol. The lowest BCUT2D eigenvalue weighted by molar-refractivity contribution is -0.116. The van der Waals surface area contributed by atoms with Gasteiger partial charge in [0, 0.05) is 49.5 Å². The number of aromatic nitrogens is 5. The smallest absolute Gasteiger partial charge is 0.227 e. The molecule has 0 aliphatic heterocycles. The van der Waals surface area contributed by atoms with Gasteiger partial charge in [-0.05, 0) is 36.6 Å². The van der Waals surface area contributed by atoms with Crippen LogP contribution in [-0.2, 0) is 24.8 Å². The number of hydrogen-bond acceptors (Lipinski definition) is 5. The number of imidazole rings is 1. The number of aryl methyl sites for hydroxylation is 2. The summed E-state index contributed by atoms with van der Waals surface area (Å²) in [7, 11) is 2.06. The fourth-order valence-corrected chi connectivity index (χ4v) is 6.28. The van der Waals surface area contributed by atoms with Gasteiger partial charge in [0.25, 0.3) is 0 Å². The van der Waals surface area contributed by atoms with Crippen LogP contribution in [0.1, 0.15) is 60.8 Å². The van der Waals surface area contributed by atoms with Crippen LogP contribution in [0, 0.1) is 0 Å². The van der Waals surface area contributed by atoms with E-state index in [0.29, 0.717) is 30.4 Å². The molecule has 0 spiro atoms. The monoisotopic (exact) mass is 498 g/mol. The average molecular weight is 499 g/mol. The lowest BCUT2D eigenvalue weighted by Gasteiger charge is -2.22. The van der Waals surface area contributed by atoms with Gasteiger partial charge in [-0.1, -0.05) is 60.9 Å². The number of benzene rings is 2. The molecule has 0 atom stereocenters. The van der Waals surface area contributed by atoms with Crippen LogP contribution < -0.4 is 5.32 Å². The van der Waals surface area contributed by atoms with Crippen LogP contribution in [0.2, 0.25) is 0 Å². The molecule has 1 aliphatic carbocycles. The largest absolute Gasteiger partial charge is 0.350 e. The van der Waals surface area contributed by atoms with Gasteiger partial charge < -0.3 is 14.5 Å². The van der Waals surface area contributed by atoms with E-state index in [1.54, 1.807) is 0 Å². The number of fused-ring (bicyclic) bond motifs is 2. The van der Waals surface area contributed by atoms with E-state index in [9.17, 15) is 4.79 Å². The Morgan fingerprint density at radius 2 is 1.81 bits per heavy atom. The van der Waals surface area contributed by atoms with Crippen LogP contribution in [0.5, 0.6) is 0 Å². The number of amides is 1. The summed E-state index contributed by atoms with van der Waals surface area (Å²) >= 11 is 1.44. The zero-order valence-corrected chi connectivity index (χ0v) is 21.3. The fourth-order valence-electron chi connectivity index (χ4n) is 5.50. The molecule has 1 saturated carbocycles. The number of carbonyl (C=O) groups is 1. The van der Waals surface area contributed by atoms with Crippen molar-refractivity contribution in [1.82, 2.24) is 24.3 Å². The summed E-state index contributed by atoms with van der Waals surface area (Å²) in [5.74, 6) is 1.57. The zero-order valence-electron chi connectivity index (χ0n) is 20.5. The number of anilines is 1. The minimum atomic E-state index is -0.0461. The van der Waals surface area contributed by atoms with Gasteiger partial charge >= 0.3 is 0 Å². The molecule has 36 heavy (non-hydrogen) atoms. The Kier molecular flexibility index (Phi) is 6.27. The number of rotatable bonds is 7. The second kappa shape index (κ2) is 9.85. The lowest BCUT2D eigenvalue weighted by atomic mass is 9.88. The summed E-state index contributed by atoms with van der Waals surface area (Å²) in [6.45, 7) is 0.611. The molecule has 1 amide bonds. The van der Waals surface area contributed by atoms with Crippen LogP contribution in [0.3, 0.4) is 0 Å². The maximum absolute atomic E-state index is 12.9. The molecule has 1 N–H and O–H groups in total. The SMILES string of the molecule is Cn1cc(Cc2nnc(NC(=O)CCn3c(C4CCCCC4)nc4ccccc43)s2)c2ccccc21. The van der Waals surface area contributed by atoms with Gasteiger partial charge in [-0.15, -0.1) is 10.2 Å². The Bertz CT molecular complexity index is 1520. The lowest BCUT2D eigenvalue weighted by Crippen LogP contribution is -2.17. The van der Waals surface area contributed by atoms with Crippen molar-refractivity contribution in [1.29, 1.82) is 0 Å². The van der Waals surface area contributed by atoms with Crippen LogP contribution in [-0.4, -0.2) is 30.2 Å². The van der Waals surface area contributed by atoms with E-state index in [1.807, 2.05) is 12.1 Å². The number of nitrogens with zero attached hydrogens (tertiary/aromatic N) is 5. The van der Waals surface area contributed by atoms with Crippen LogP contribution in [0.25, 0.3) is 21.9 Å². The third-order valence-electron chi connectivity index (χ3n) is 7.25. The highest BCUT2D eigenvalue weighted by Crippen LogP contribution is 2.34. The number of carbonyl (C=O) groups excluding carboxylic acids is 1. The Balaban J connectivity index is 1.13. The van der Waals surface area contributed by atoms with Crippen molar-refractivity contribution in [3.05, 3.63) is 71.1 Å². The van der Waals surface area contributed by atoms with Crippen molar-refractivity contribution < 1.29 is 4.79 Å². The molecule has 0 radical (unpaired) electrons. The summed E-state index contributed by atoms with van der Waals surface area (Å²) in [4.78, 5) is 17.8. The third kappa shape index (κ3) is 4.53. The van der Waals surface area contributed by atoms with Gasteiger partial charge in [0.05, 0.1) is 11.0 Å². The number of nitrogens with one attached hydrogen (secondary N) is 1. The fraction of sp³-hybridized carbons (Fsp3) is 0.357. The highest BCUT2D eigenvalue weighted by Gasteiger charge is 2.23. The van der Waals surface area contributed by atoms with Gasteiger partial charge in [0.1, 0.15) is 10.8 Å². The Morgan fingerprint density at radius 3 is 2.67 bits per heavy atom. The Labute approximate surface area is 214 Å².